The first-order valence-corrected chi connectivity index (χ1v) is 9.15. The lowest BCUT2D eigenvalue weighted by Crippen LogP contribution is -2.40. The lowest BCUT2D eigenvalue weighted by Gasteiger charge is -2.24. The summed E-state index contributed by atoms with van der Waals surface area (Å²) in [5.74, 6) is -0.146. The van der Waals surface area contributed by atoms with Crippen LogP contribution in [0, 0.1) is 5.82 Å². The maximum atomic E-state index is 13.1. The van der Waals surface area contributed by atoms with Gasteiger partial charge in [0.25, 0.3) is 5.91 Å². The average molecular weight is 415 g/mol. The second kappa shape index (κ2) is 8.60. The normalized spacial score (nSPS) is 13.6. The summed E-state index contributed by atoms with van der Waals surface area (Å²) in [5.41, 5.74) is 0. The van der Waals surface area contributed by atoms with Crippen LogP contribution in [0.25, 0.3) is 0 Å². The van der Waals surface area contributed by atoms with Gasteiger partial charge in [0.2, 0.25) is 0 Å². The van der Waals surface area contributed by atoms with E-state index >= 15 is 0 Å². The van der Waals surface area contributed by atoms with E-state index in [-0.39, 0.29) is 17.8 Å². The van der Waals surface area contributed by atoms with Gasteiger partial charge in [-0.15, -0.1) is 11.3 Å². The van der Waals surface area contributed by atoms with E-state index in [0.29, 0.717) is 16.8 Å². The summed E-state index contributed by atoms with van der Waals surface area (Å²) in [4.78, 5) is 15.5. The highest BCUT2D eigenvalue weighted by Gasteiger charge is 2.20. The standard InChI is InChI=1S/C17H20BrFN2O2S/c1-11(23-15-7-6-12(19)9-13(15)18)17(22)20-10-14(21(2)3)16-5-4-8-24-16/h4-9,11,14H,10H2,1-3H3,(H,20,22). The maximum Gasteiger partial charge on any atom is 0.260 e. The topological polar surface area (TPSA) is 41.6 Å². The lowest BCUT2D eigenvalue weighted by molar-refractivity contribution is -0.127. The second-order valence-electron chi connectivity index (χ2n) is 5.57. The molecule has 2 unspecified atom stereocenters. The van der Waals surface area contributed by atoms with Gasteiger partial charge in [0.1, 0.15) is 11.6 Å². The molecule has 1 aromatic carbocycles. The number of rotatable bonds is 7. The number of thiophene rings is 1. The minimum Gasteiger partial charge on any atom is -0.480 e. The van der Waals surface area contributed by atoms with E-state index in [1.807, 2.05) is 25.5 Å². The Labute approximate surface area is 153 Å². The first-order chi connectivity index (χ1) is 11.4. The molecule has 0 saturated heterocycles. The molecule has 0 aliphatic rings. The van der Waals surface area contributed by atoms with Crippen LogP contribution in [-0.2, 0) is 4.79 Å². The van der Waals surface area contributed by atoms with Crippen molar-refractivity contribution in [2.45, 2.75) is 19.1 Å². The first kappa shape index (κ1) is 18.9. The van der Waals surface area contributed by atoms with Crippen LogP contribution in [0.15, 0.2) is 40.2 Å². The molecule has 1 heterocycles. The van der Waals surface area contributed by atoms with Gasteiger partial charge < -0.3 is 15.0 Å². The number of nitrogens with zero attached hydrogens (tertiary/aromatic N) is 1. The van der Waals surface area contributed by atoms with Crippen LogP contribution in [-0.4, -0.2) is 37.6 Å². The second-order valence-corrected chi connectivity index (χ2v) is 7.41. The molecular formula is C17H20BrFN2O2S. The van der Waals surface area contributed by atoms with Gasteiger partial charge in [-0.3, -0.25) is 4.79 Å². The van der Waals surface area contributed by atoms with Crippen LogP contribution < -0.4 is 10.1 Å². The maximum absolute atomic E-state index is 13.1. The SMILES string of the molecule is CC(Oc1ccc(F)cc1Br)C(=O)NCC(c1cccs1)N(C)C. The largest absolute Gasteiger partial charge is 0.480 e. The van der Waals surface area contributed by atoms with Crippen LogP contribution in [0.5, 0.6) is 5.75 Å². The molecule has 1 aromatic heterocycles. The number of benzene rings is 1. The number of hydrogen-bond donors (Lipinski definition) is 1. The molecule has 2 atom stereocenters. The molecule has 2 rings (SSSR count). The summed E-state index contributed by atoms with van der Waals surface area (Å²) in [6, 6.07) is 8.26. The van der Waals surface area contributed by atoms with Gasteiger partial charge in [0, 0.05) is 11.4 Å². The van der Waals surface area contributed by atoms with Crippen molar-refractivity contribution < 1.29 is 13.9 Å². The number of carbonyl (C=O) groups is 1. The van der Waals surface area contributed by atoms with E-state index < -0.39 is 6.10 Å². The minimum absolute atomic E-state index is 0.110. The predicted octanol–water partition coefficient (Wildman–Crippen LogP) is 3.84. The van der Waals surface area contributed by atoms with Crippen molar-refractivity contribution in [3.05, 3.63) is 50.9 Å². The monoisotopic (exact) mass is 414 g/mol. The van der Waals surface area contributed by atoms with E-state index in [1.165, 1.54) is 23.1 Å². The highest BCUT2D eigenvalue weighted by Crippen LogP contribution is 2.26. The van der Waals surface area contributed by atoms with E-state index in [4.69, 9.17) is 4.74 Å². The number of amides is 1. The summed E-state index contributed by atoms with van der Waals surface area (Å²) >= 11 is 4.89. The Morgan fingerprint density at radius 1 is 1.42 bits per heavy atom. The van der Waals surface area contributed by atoms with Crippen LogP contribution in [0.3, 0.4) is 0 Å². The molecule has 130 valence electrons. The molecule has 0 radical (unpaired) electrons. The van der Waals surface area contributed by atoms with Gasteiger partial charge in [0.05, 0.1) is 10.5 Å². The number of nitrogens with one attached hydrogen (secondary N) is 1. The number of halogens is 2. The third-order valence-electron chi connectivity index (χ3n) is 3.53. The van der Waals surface area contributed by atoms with Crippen LogP contribution in [0.4, 0.5) is 4.39 Å². The molecule has 0 bridgehead atoms. The van der Waals surface area contributed by atoms with Gasteiger partial charge in [-0.1, -0.05) is 6.07 Å². The Kier molecular flexibility index (Phi) is 6.77. The van der Waals surface area contributed by atoms with Crippen molar-refractivity contribution >= 4 is 33.2 Å². The van der Waals surface area contributed by atoms with Gasteiger partial charge in [-0.05, 0) is 66.6 Å². The lowest BCUT2D eigenvalue weighted by atomic mass is 10.2. The van der Waals surface area contributed by atoms with Crippen molar-refractivity contribution in [2.24, 2.45) is 0 Å². The number of ether oxygens (including phenoxy) is 1. The smallest absolute Gasteiger partial charge is 0.260 e. The van der Waals surface area contributed by atoms with Crippen molar-refractivity contribution in [2.75, 3.05) is 20.6 Å². The summed E-state index contributed by atoms with van der Waals surface area (Å²) in [7, 11) is 3.96. The van der Waals surface area contributed by atoms with E-state index in [9.17, 15) is 9.18 Å². The average Bonchev–Trinajstić information content (AvgIpc) is 3.03. The van der Waals surface area contributed by atoms with Crippen molar-refractivity contribution in [1.82, 2.24) is 10.2 Å². The van der Waals surface area contributed by atoms with Gasteiger partial charge in [0.15, 0.2) is 6.10 Å². The minimum atomic E-state index is -0.682. The zero-order valence-electron chi connectivity index (χ0n) is 13.8. The molecule has 2 aromatic rings. The fourth-order valence-electron chi connectivity index (χ4n) is 2.17. The zero-order chi connectivity index (χ0) is 17.7. The summed E-state index contributed by atoms with van der Waals surface area (Å²) < 4.78 is 19.2. The van der Waals surface area contributed by atoms with E-state index in [1.54, 1.807) is 18.3 Å². The first-order valence-electron chi connectivity index (χ1n) is 7.47. The van der Waals surface area contributed by atoms with Gasteiger partial charge in [-0.25, -0.2) is 4.39 Å². The predicted molar refractivity (Wildman–Crippen MR) is 97.9 cm³/mol. The Hall–Kier alpha value is -1.44. The van der Waals surface area contributed by atoms with Crippen molar-refractivity contribution in [3.63, 3.8) is 0 Å². The molecule has 0 saturated carbocycles. The fourth-order valence-corrected chi connectivity index (χ4v) is 3.54. The Balaban J connectivity index is 1.93. The third-order valence-corrected chi connectivity index (χ3v) is 5.12. The van der Waals surface area contributed by atoms with Gasteiger partial charge in [-0.2, -0.15) is 0 Å². The quantitative estimate of drug-likeness (QED) is 0.748. The number of hydrogen-bond acceptors (Lipinski definition) is 4. The van der Waals surface area contributed by atoms with Crippen LogP contribution >= 0.6 is 27.3 Å². The molecule has 7 heteroatoms. The molecule has 1 amide bonds. The molecule has 0 aliphatic heterocycles. The summed E-state index contributed by atoms with van der Waals surface area (Å²) in [6.45, 7) is 2.16. The molecule has 1 N–H and O–H groups in total. The van der Waals surface area contributed by atoms with Crippen molar-refractivity contribution in [3.8, 4) is 5.75 Å². The highest BCUT2D eigenvalue weighted by molar-refractivity contribution is 9.10. The number of likely N-dealkylation sites (N-methyl/N-ethyl adjacent to an activating group) is 1. The summed E-state index contributed by atoms with van der Waals surface area (Å²) in [6.07, 6.45) is -0.682. The zero-order valence-corrected chi connectivity index (χ0v) is 16.2. The van der Waals surface area contributed by atoms with Crippen LogP contribution in [0.2, 0.25) is 0 Å². The van der Waals surface area contributed by atoms with Crippen molar-refractivity contribution in [1.29, 1.82) is 0 Å². The Bertz CT molecular complexity index is 679. The fraction of sp³-hybridized carbons (Fsp3) is 0.353. The van der Waals surface area contributed by atoms with E-state index in [2.05, 4.69) is 32.2 Å². The van der Waals surface area contributed by atoms with Crippen LogP contribution in [0.1, 0.15) is 17.8 Å². The molecule has 0 aliphatic carbocycles. The molecule has 0 spiro atoms. The van der Waals surface area contributed by atoms with E-state index in [0.717, 1.165) is 0 Å². The Morgan fingerprint density at radius 2 is 2.17 bits per heavy atom. The van der Waals surface area contributed by atoms with Gasteiger partial charge >= 0.3 is 0 Å². The number of carbonyl (C=O) groups excluding carboxylic acids is 1. The Morgan fingerprint density at radius 3 is 2.75 bits per heavy atom. The molecule has 4 nitrogen and oxygen atoms in total. The third kappa shape index (κ3) is 5.03. The summed E-state index contributed by atoms with van der Waals surface area (Å²) in [5, 5.41) is 4.93. The molecule has 24 heavy (non-hydrogen) atoms. The molecular weight excluding hydrogens is 395 g/mol. The highest BCUT2D eigenvalue weighted by atomic mass is 79.9. The molecule has 0 fully saturated rings.